The Morgan fingerprint density at radius 2 is 1.89 bits per heavy atom. The summed E-state index contributed by atoms with van der Waals surface area (Å²) in [5, 5.41) is 9.21. The molecule has 2 unspecified atom stereocenters. The minimum atomic E-state index is -1.42. The summed E-state index contributed by atoms with van der Waals surface area (Å²) in [7, 11) is -1.42. The Kier molecular flexibility index (Phi) is 12.9. The van der Waals surface area contributed by atoms with Crippen LogP contribution in [0.25, 0.3) is 0 Å². The van der Waals surface area contributed by atoms with Crippen LogP contribution < -0.4 is 11.1 Å². The van der Waals surface area contributed by atoms with E-state index >= 15 is 0 Å². The van der Waals surface area contributed by atoms with Gasteiger partial charge >= 0.3 is 11.9 Å². The first-order valence-corrected chi connectivity index (χ1v) is 11.9. The maximum absolute atomic E-state index is 11.9. The fourth-order valence-corrected chi connectivity index (χ4v) is 3.43. The monoisotopic (exact) mass is 504 g/mol. The van der Waals surface area contributed by atoms with E-state index in [9.17, 15) is 14.4 Å². The van der Waals surface area contributed by atoms with Crippen molar-refractivity contribution in [2.75, 3.05) is 6.54 Å². The van der Waals surface area contributed by atoms with Crippen LogP contribution in [0.2, 0.25) is 0 Å². The van der Waals surface area contributed by atoms with Crippen LogP contribution in [0.4, 0.5) is 0 Å². The predicted octanol–water partition coefficient (Wildman–Crippen LogP) is 4.68. The van der Waals surface area contributed by atoms with Crippen LogP contribution >= 0.6 is 0 Å². The molecule has 1 aromatic rings. The fourth-order valence-electron chi connectivity index (χ4n) is 3.43. The van der Waals surface area contributed by atoms with Crippen molar-refractivity contribution >= 4 is 23.7 Å². The van der Waals surface area contributed by atoms with E-state index in [4.69, 9.17) is 24.7 Å². The van der Waals surface area contributed by atoms with Gasteiger partial charge in [-0.05, 0) is 38.7 Å². The van der Waals surface area contributed by atoms with Crippen LogP contribution in [0.15, 0.2) is 55.6 Å². The zero-order valence-corrected chi connectivity index (χ0v) is 21.5. The highest BCUT2D eigenvalue weighted by Crippen LogP contribution is 2.39. The quantitative estimate of drug-likeness (QED) is 0.0836. The highest BCUT2D eigenvalue weighted by atomic mass is 16.6. The molecule has 0 bridgehead atoms. The zero-order chi connectivity index (χ0) is 29.8. The largest absolute Gasteiger partial charge is 0.460 e. The summed E-state index contributed by atoms with van der Waals surface area (Å²) in [5.41, 5.74) is 5.40. The van der Waals surface area contributed by atoms with E-state index in [1.807, 2.05) is 36.4 Å². The molecule has 0 radical (unpaired) electrons. The van der Waals surface area contributed by atoms with Crippen molar-refractivity contribution in [3.05, 3.63) is 61.2 Å². The fraction of sp³-hybridized carbons (Fsp3) is 0.500. The number of carbonyl (C=O) groups is 3. The molecule has 0 aliphatic heterocycles. The van der Waals surface area contributed by atoms with Crippen molar-refractivity contribution in [3.8, 4) is 0 Å². The van der Waals surface area contributed by atoms with Gasteiger partial charge in [-0.3, -0.25) is 19.8 Å². The number of nitrogens with two attached hydrogens (primary N) is 1. The van der Waals surface area contributed by atoms with Crippen molar-refractivity contribution in [3.63, 3.8) is 0 Å². The molecule has 1 fully saturated rings. The maximum atomic E-state index is 11.9. The second-order valence-corrected chi connectivity index (χ2v) is 9.00. The third-order valence-corrected chi connectivity index (χ3v) is 5.32. The number of hydrogen-bond acceptors (Lipinski definition) is 6. The summed E-state index contributed by atoms with van der Waals surface area (Å²) in [6.45, 7) is 11.0. The van der Waals surface area contributed by atoms with Gasteiger partial charge in [-0.25, -0.2) is 0 Å². The zero-order valence-electron chi connectivity index (χ0n) is 24.5. The molecule has 8 nitrogen and oxygen atoms in total. The normalized spacial score (nSPS) is 16.9. The molecule has 0 amide bonds. The molecule has 36 heavy (non-hydrogen) atoms. The summed E-state index contributed by atoms with van der Waals surface area (Å²) in [4.78, 5) is 34.7. The summed E-state index contributed by atoms with van der Waals surface area (Å²) < 4.78 is 28.1. The molecule has 0 saturated heterocycles. The average molecular weight is 505 g/mol. The Morgan fingerprint density at radius 1 is 1.22 bits per heavy atom. The number of Topliss-reactive ketones (excluding diaryl/α,β-unsaturated/α-hetero) is 1. The Bertz CT molecular complexity index is 924. The predicted molar refractivity (Wildman–Crippen MR) is 143 cm³/mol. The van der Waals surface area contributed by atoms with E-state index in [-0.39, 0.29) is 36.8 Å². The number of hydrogen-bond donors (Lipinski definition) is 3. The van der Waals surface area contributed by atoms with Gasteiger partial charge in [0.05, 0.1) is 0 Å². The van der Waals surface area contributed by atoms with Gasteiger partial charge in [-0.15, -0.1) is 13.2 Å². The number of nitrogens with one attached hydrogen (secondary N) is 2. The minimum absolute atomic E-state index is 0.0526. The number of ether oxygens (including phenoxy) is 2. The molecule has 1 aliphatic rings. The van der Waals surface area contributed by atoms with Crippen molar-refractivity contribution in [1.29, 1.82) is 5.41 Å². The van der Waals surface area contributed by atoms with Crippen molar-refractivity contribution in [2.24, 2.45) is 17.6 Å². The van der Waals surface area contributed by atoms with Crippen molar-refractivity contribution < 1.29 is 28.0 Å². The molecule has 1 saturated carbocycles. The average Bonchev–Trinajstić information content (AvgIpc) is 3.50. The number of guanidine groups is 1. The molecule has 8 heteroatoms. The van der Waals surface area contributed by atoms with E-state index in [2.05, 4.69) is 18.5 Å². The van der Waals surface area contributed by atoms with Gasteiger partial charge in [-0.1, -0.05) is 62.7 Å². The van der Waals surface area contributed by atoms with Gasteiger partial charge in [0.25, 0.3) is 0 Å². The van der Waals surface area contributed by atoms with Gasteiger partial charge in [0, 0.05) is 16.5 Å². The van der Waals surface area contributed by atoms with E-state index in [1.54, 1.807) is 19.9 Å². The number of benzene rings is 1. The van der Waals surface area contributed by atoms with Gasteiger partial charge in [-0.2, -0.15) is 0 Å². The summed E-state index contributed by atoms with van der Waals surface area (Å²) in [6, 6.07) is 9.52. The van der Waals surface area contributed by atoms with E-state index in [1.165, 1.54) is 0 Å². The van der Waals surface area contributed by atoms with Crippen LogP contribution in [-0.4, -0.2) is 35.8 Å². The Morgan fingerprint density at radius 3 is 2.47 bits per heavy atom. The summed E-state index contributed by atoms with van der Waals surface area (Å²) in [5.74, 6) is -1.60. The second kappa shape index (κ2) is 17.1. The lowest BCUT2D eigenvalue weighted by molar-refractivity contribution is -0.154. The molecule has 1 aromatic carbocycles. The number of ketones is 1. The number of allylic oxidation sites excluding steroid dienone is 1. The highest BCUT2D eigenvalue weighted by molar-refractivity contribution is 6.14. The molecular weight excluding hydrogens is 458 g/mol. The summed E-state index contributed by atoms with van der Waals surface area (Å²) >= 11 is 0. The summed E-state index contributed by atoms with van der Waals surface area (Å²) in [6.07, 6.45) is 9.18. The van der Waals surface area contributed by atoms with Crippen LogP contribution in [0.5, 0.6) is 0 Å². The Hall–Kier alpha value is -3.42. The SMILES string of the molecule is C=CCC(C)(C)OC(=O)CNC(=N)N.C=CCCCCCC1C(=O)C1C(=O)OCc1ccccc1.[2H]C([2H])[2H]. The van der Waals surface area contributed by atoms with Crippen molar-refractivity contribution in [2.45, 2.75) is 71.9 Å². The van der Waals surface area contributed by atoms with Gasteiger partial charge in [0.15, 0.2) is 11.7 Å². The third-order valence-electron chi connectivity index (χ3n) is 5.32. The molecule has 2 rings (SSSR count). The Labute approximate surface area is 220 Å². The molecule has 0 spiro atoms. The first-order valence-electron chi connectivity index (χ1n) is 13.6. The Balaban J connectivity index is 0.000000695. The van der Waals surface area contributed by atoms with Crippen LogP contribution in [-0.2, 0) is 30.5 Å². The molecule has 0 aromatic heterocycles. The van der Waals surface area contributed by atoms with E-state index in [0.717, 1.165) is 37.7 Å². The lowest BCUT2D eigenvalue weighted by atomic mass is 10.1. The van der Waals surface area contributed by atoms with Crippen LogP contribution in [0.1, 0.15) is 69.4 Å². The first kappa shape index (κ1) is 27.2. The van der Waals surface area contributed by atoms with Gasteiger partial charge in [0.1, 0.15) is 24.7 Å². The second-order valence-electron chi connectivity index (χ2n) is 9.00. The molecule has 2 atom stereocenters. The van der Waals surface area contributed by atoms with E-state index in [0.29, 0.717) is 6.42 Å². The number of carbonyl (C=O) groups excluding carboxylic acids is 3. The third kappa shape index (κ3) is 13.5. The van der Waals surface area contributed by atoms with Crippen LogP contribution in [0.3, 0.4) is 0 Å². The molecule has 1 aliphatic carbocycles. The molecule has 4 N–H and O–H groups in total. The molecule has 0 heterocycles. The van der Waals surface area contributed by atoms with E-state index < -0.39 is 24.8 Å². The number of rotatable bonds is 14. The first-order chi connectivity index (χ1) is 18.3. The molecule has 200 valence electrons. The van der Waals surface area contributed by atoms with Gasteiger partial charge < -0.3 is 20.5 Å². The lowest BCUT2D eigenvalue weighted by Crippen LogP contribution is -2.38. The number of unbranched alkanes of at least 4 members (excludes halogenated alkanes) is 3. The van der Waals surface area contributed by atoms with Crippen molar-refractivity contribution in [1.82, 2.24) is 5.32 Å². The maximum Gasteiger partial charge on any atom is 0.325 e. The minimum Gasteiger partial charge on any atom is -0.460 e. The van der Waals surface area contributed by atoms with Crippen LogP contribution in [0, 0.1) is 17.2 Å². The van der Waals surface area contributed by atoms with Gasteiger partial charge in [0.2, 0.25) is 0 Å². The lowest BCUT2D eigenvalue weighted by Gasteiger charge is -2.23. The molecular formula is C28H43N3O5. The smallest absolute Gasteiger partial charge is 0.325 e. The number of esters is 2. The highest BCUT2D eigenvalue weighted by Gasteiger charge is 2.54. The topological polar surface area (TPSA) is 132 Å². The standard InChI is InChI=1S/C18H22O3.C9H17N3O2.CH4/c1-2-3-4-5-9-12-15-16(17(15)19)18(20)21-13-14-10-7-6-8-11-14;1-4-5-9(2,3)14-7(13)6-12-8(10)11;/h2,6-8,10-11,15-16H,1,3-5,9,12-13H2;4H,1,5-6H2,2-3H3,(H4,10,11,12);1H4/i;;1D3.